The number of furan rings is 2. The van der Waals surface area contributed by atoms with Crippen molar-refractivity contribution in [2.45, 2.75) is 0 Å². The molecular formula is C56H35NO2. The lowest BCUT2D eigenvalue weighted by Gasteiger charge is -2.26. The van der Waals surface area contributed by atoms with Crippen molar-refractivity contribution in [1.29, 1.82) is 0 Å². The fourth-order valence-corrected chi connectivity index (χ4v) is 8.91. The van der Waals surface area contributed by atoms with E-state index in [1.165, 1.54) is 27.3 Å². The Hall–Kier alpha value is -7.88. The fraction of sp³-hybridized carbons (Fsp3) is 0. The molecule has 2 aromatic heterocycles. The Labute approximate surface area is 340 Å². The van der Waals surface area contributed by atoms with Crippen LogP contribution in [0.25, 0.3) is 98.8 Å². The summed E-state index contributed by atoms with van der Waals surface area (Å²) in [6.45, 7) is 0. The standard InChI is InChI=1S/C56H35NO2/c1-2-11-39(12-3-1)51-35-52-49-31-24-42(34-55(49)59-56(52)50-16-7-6-14-46(50)51)38-20-27-44(28-21-38)57(45-29-22-36-10-4-5-13-40(36)32-45)43-25-18-37(19-26-43)41-23-30-48-47-15-8-9-17-53(47)58-54(48)33-41/h1-35H. The zero-order valence-electron chi connectivity index (χ0n) is 32.0. The smallest absolute Gasteiger partial charge is 0.143 e. The molecule has 0 amide bonds. The first-order chi connectivity index (χ1) is 29.2. The summed E-state index contributed by atoms with van der Waals surface area (Å²) in [6, 6.07) is 75.7. The maximum atomic E-state index is 6.69. The van der Waals surface area contributed by atoms with Crippen molar-refractivity contribution >= 4 is 82.5 Å². The Bertz CT molecular complexity index is 3540. The summed E-state index contributed by atoms with van der Waals surface area (Å²) in [4.78, 5) is 2.33. The molecule has 0 N–H and O–H groups in total. The summed E-state index contributed by atoms with van der Waals surface area (Å²) in [5.74, 6) is 0. The monoisotopic (exact) mass is 753 g/mol. The van der Waals surface area contributed by atoms with Crippen LogP contribution in [0.1, 0.15) is 0 Å². The first kappa shape index (κ1) is 33.3. The predicted octanol–water partition coefficient (Wildman–Crippen LogP) is 16.3. The summed E-state index contributed by atoms with van der Waals surface area (Å²) in [7, 11) is 0. The van der Waals surface area contributed by atoms with Crippen LogP contribution in [-0.2, 0) is 0 Å². The predicted molar refractivity (Wildman–Crippen MR) is 247 cm³/mol. The quantitative estimate of drug-likeness (QED) is 0.169. The van der Waals surface area contributed by atoms with E-state index in [1.54, 1.807) is 0 Å². The van der Waals surface area contributed by atoms with Crippen molar-refractivity contribution < 1.29 is 8.83 Å². The van der Waals surface area contributed by atoms with Crippen LogP contribution in [0.5, 0.6) is 0 Å². The number of rotatable bonds is 6. The molecule has 3 nitrogen and oxygen atoms in total. The summed E-state index contributed by atoms with van der Waals surface area (Å²) >= 11 is 0. The minimum atomic E-state index is 0.884. The van der Waals surface area contributed by atoms with Crippen molar-refractivity contribution in [3.8, 4) is 33.4 Å². The van der Waals surface area contributed by atoms with Gasteiger partial charge in [0.2, 0.25) is 0 Å². The molecule has 0 radical (unpaired) electrons. The van der Waals surface area contributed by atoms with E-state index in [9.17, 15) is 0 Å². The highest BCUT2D eigenvalue weighted by molar-refractivity contribution is 6.19. The lowest BCUT2D eigenvalue weighted by Crippen LogP contribution is -2.09. The van der Waals surface area contributed by atoms with Crippen molar-refractivity contribution in [3.05, 3.63) is 212 Å². The highest BCUT2D eigenvalue weighted by Crippen LogP contribution is 2.42. The third-order valence-electron chi connectivity index (χ3n) is 11.9. The van der Waals surface area contributed by atoms with E-state index in [0.717, 1.165) is 88.6 Å². The van der Waals surface area contributed by atoms with Gasteiger partial charge in [0.25, 0.3) is 0 Å². The summed E-state index contributed by atoms with van der Waals surface area (Å²) in [6.07, 6.45) is 0. The molecule has 12 rings (SSSR count). The Morgan fingerprint density at radius 2 is 0.797 bits per heavy atom. The fourth-order valence-electron chi connectivity index (χ4n) is 8.91. The van der Waals surface area contributed by atoms with Gasteiger partial charge in [-0.25, -0.2) is 0 Å². The van der Waals surface area contributed by atoms with Gasteiger partial charge in [-0.3, -0.25) is 0 Å². The Morgan fingerprint density at radius 3 is 1.51 bits per heavy atom. The average Bonchev–Trinajstić information content (AvgIpc) is 3.87. The second-order valence-electron chi connectivity index (χ2n) is 15.3. The van der Waals surface area contributed by atoms with Crippen LogP contribution in [0.2, 0.25) is 0 Å². The van der Waals surface area contributed by atoms with Crippen molar-refractivity contribution in [2.24, 2.45) is 0 Å². The highest BCUT2D eigenvalue weighted by Gasteiger charge is 2.18. The van der Waals surface area contributed by atoms with Crippen LogP contribution < -0.4 is 4.90 Å². The SMILES string of the molecule is c1ccc(-c2cc3c4ccc(-c5ccc(N(c6ccc(-c7ccc8c(c7)oc7ccccc78)cc6)c6ccc7ccccc7c6)cc5)cc4oc3c3ccccc23)cc1. The van der Waals surface area contributed by atoms with Crippen LogP contribution in [-0.4, -0.2) is 0 Å². The first-order valence-electron chi connectivity index (χ1n) is 20.1. The van der Waals surface area contributed by atoms with Gasteiger partial charge >= 0.3 is 0 Å². The van der Waals surface area contributed by atoms with E-state index in [2.05, 4.69) is 205 Å². The third kappa shape index (κ3) is 5.59. The second-order valence-corrected chi connectivity index (χ2v) is 15.3. The van der Waals surface area contributed by atoms with E-state index in [-0.39, 0.29) is 0 Å². The van der Waals surface area contributed by atoms with Crippen LogP contribution in [0.4, 0.5) is 17.1 Å². The van der Waals surface area contributed by atoms with E-state index in [1.807, 2.05) is 12.1 Å². The molecule has 0 aliphatic carbocycles. The Kier molecular flexibility index (Phi) is 7.54. The van der Waals surface area contributed by atoms with E-state index >= 15 is 0 Å². The van der Waals surface area contributed by atoms with Gasteiger partial charge in [-0.15, -0.1) is 0 Å². The topological polar surface area (TPSA) is 29.5 Å². The first-order valence-corrected chi connectivity index (χ1v) is 20.1. The molecular weight excluding hydrogens is 719 g/mol. The van der Waals surface area contributed by atoms with Crippen molar-refractivity contribution in [3.63, 3.8) is 0 Å². The van der Waals surface area contributed by atoms with Gasteiger partial charge in [0, 0.05) is 44.0 Å². The summed E-state index contributed by atoms with van der Waals surface area (Å²) < 4.78 is 12.9. The zero-order valence-corrected chi connectivity index (χ0v) is 32.0. The normalized spacial score (nSPS) is 11.7. The molecule has 0 aliphatic heterocycles. The molecule has 0 aliphatic rings. The van der Waals surface area contributed by atoms with Crippen LogP contribution in [0, 0.1) is 0 Å². The van der Waals surface area contributed by atoms with Crippen LogP contribution in [0.15, 0.2) is 221 Å². The second kappa shape index (κ2) is 13.4. The van der Waals surface area contributed by atoms with E-state index in [0.29, 0.717) is 0 Å². The number of hydrogen-bond acceptors (Lipinski definition) is 3. The number of benzene rings is 10. The molecule has 0 unspecified atom stereocenters. The molecule has 276 valence electrons. The molecule has 10 aromatic carbocycles. The summed E-state index contributed by atoms with van der Waals surface area (Å²) in [5, 5.41) is 9.26. The van der Waals surface area contributed by atoms with Gasteiger partial charge < -0.3 is 13.7 Å². The molecule has 0 atom stereocenters. The highest BCUT2D eigenvalue weighted by atomic mass is 16.3. The molecule has 0 saturated heterocycles. The van der Waals surface area contributed by atoms with Gasteiger partial charge in [-0.05, 0) is 122 Å². The van der Waals surface area contributed by atoms with E-state index in [4.69, 9.17) is 8.83 Å². The number of fused-ring (bicyclic) bond motifs is 9. The number of hydrogen-bond donors (Lipinski definition) is 0. The van der Waals surface area contributed by atoms with Gasteiger partial charge in [-0.2, -0.15) is 0 Å². The van der Waals surface area contributed by atoms with Gasteiger partial charge in [0.05, 0.1) is 0 Å². The van der Waals surface area contributed by atoms with Crippen LogP contribution in [0.3, 0.4) is 0 Å². The lowest BCUT2D eigenvalue weighted by molar-refractivity contribution is 0.669. The van der Waals surface area contributed by atoms with Gasteiger partial charge in [0.1, 0.15) is 22.3 Å². The number of anilines is 3. The molecule has 0 saturated carbocycles. The maximum absolute atomic E-state index is 6.69. The largest absolute Gasteiger partial charge is 0.456 e. The maximum Gasteiger partial charge on any atom is 0.143 e. The molecule has 0 spiro atoms. The minimum Gasteiger partial charge on any atom is -0.456 e. The average molecular weight is 754 g/mol. The van der Waals surface area contributed by atoms with Crippen molar-refractivity contribution in [1.82, 2.24) is 0 Å². The van der Waals surface area contributed by atoms with Crippen molar-refractivity contribution in [2.75, 3.05) is 4.90 Å². The number of nitrogens with zero attached hydrogens (tertiary/aromatic N) is 1. The van der Waals surface area contributed by atoms with Crippen LogP contribution >= 0.6 is 0 Å². The third-order valence-corrected chi connectivity index (χ3v) is 11.9. The number of para-hydroxylation sites is 1. The summed E-state index contributed by atoms with van der Waals surface area (Å²) in [5.41, 5.74) is 13.8. The van der Waals surface area contributed by atoms with Gasteiger partial charge in [-0.1, -0.05) is 140 Å². The molecule has 0 bridgehead atoms. The molecule has 59 heavy (non-hydrogen) atoms. The Morgan fingerprint density at radius 1 is 0.271 bits per heavy atom. The Balaban J connectivity index is 0.918. The zero-order chi connectivity index (χ0) is 38.9. The minimum absolute atomic E-state index is 0.884. The molecule has 0 fully saturated rings. The molecule has 12 aromatic rings. The van der Waals surface area contributed by atoms with Gasteiger partial charge in [0.15, 0.2) is 0 Å². The lowest BCUT2D eigenvalue weighted by atomic mass is 9.95. The van der Waals surface area contributed by atoms with E-state index < -0.39 is 0 Å². The molecule has 3 heteroatoms. The molecule has 2 heterocycles.